The van der Waals surface area contributed by atoms with Crippen molar-refractivity contribution in [3.05, 3.63) is 81.9 Å². The second-order valence-corrected chi connectivity index (χ2v) is 8.26. The average molecular weight is 486 g/mol. The lowest BCUT2D eigenvalue weighted by Gasteiger charge is -2.21. The molecule has 0 radical (unpaired) electrons. The Morgan fingerprint density at radius 3 is 2.38 bits per heavy atom. The van der Waals surface area contributed by atoms with E-state index in [9.17, 15) is 9.18 Å². The van der Waals surface area contributed by atoms with Crippen molar-refractivity contribution in [1.29, 1.82) is 0 Å². The van der Waals surface area contributed by atoms with Gasteiger partial charge in [-0.05, 0) is 62.4 Å². The van der Waals surface area contributed by atoms with Gasteiger partial charge in [-0.1, -0.05) is 35.9 Å². The summed E-state index contributed by atoms with van der Waals surface area (Å²) in [4.78, 5) is 16.8. The lowest BCUT2D eigenvalue weighted by Crippen LogP contribution is -2.12. The zero-order valence-corrected chi connectivity index (χ0v) is 20.5. The molecule has 2 aromatic carbocycles. The van der Waals surface area contributed by atoms with Crippen molar-refractivity contribution < 1.29 is 23.4 Å². The Balaban J connectivity index is 1.77. The first-order valence-electron chi connectivity index (χ1n) is 11.2. The van der Waals surface area contributed by atoms with Gasteiger partial charge < -0.3 is 14.2 Å². The van der Waals surface area contributed by atoms with Gasteiger partial charge in [-0.2, -0.15) is 0 Å². The van der Waals surface area contributed by atoms with Crippen LogP contribution in [0.5, 0.6) is 17.2 Å². The van der Waals surface area contributed by atoms with E-state index in [0.717, 1.165) is 12.1 Å². The molecule has 3 aromatic rings. The van der Waals surface area contributed by atoms with Crippen molar-refractivity contribution in [1.82, 2.24) is 4.98 Å². The summed E-state index contributed by atoms with van der Waals surface area (Å²) in [5.74, 6) is 0.557. The van der Waals surface area contributed by atoms with E-state index < -0.39 is 0 Å². The highest BCUT2D eigenvalue weighted by Gasteiger charge is 2.27. The van der Waals surface area contributed by atoms with Crippen LogP contribution in [0.1, 0.15) is 46.9 Å². The van der Waals surface area contributed by atoms with Gasteiger partial charge in [-0.3, -0.25) is 9.78 Å². The highest BCUT2D eigenvalue weighted by molar-refractivity contribution is 6.34. The summed E-state index contributed by atoms with van der Waals surface area (Å²) in [6.45, 7) is 3.85. The van der Waals surface area contributed by atoms with E-state index in [1.54, 1.807) is 25.3 Å². The molecule has 1 heterocycles. The fourth-order valence-electron chi connectivity index (χ4n) is 3.74. The number of ketones is 1. The van der Waals surface area contributed by atoms with Gasteiger partial charge in [0.15, 0.2) is 17.3 Å². The average Bonchev–Trinajstić information content (AvgIpc) is 2.83. The van der Waals surface area contributed by atoms with Gasteiger partial charge in [0.05, 0.1) is 30.9 Å². The molecule has 0 bridgehead atoms. The maximum atomic E-state index is 13.8. The third kappa shape index (κ3) is 6.26. The normalized spacial score (nSPS) is 10.7. The van der Waals surface area contributed by atoms with Crippen LogP contribution in [0.4, 0.5) is 4.39 Å². The predicted molar refractivity (Wildman–Crippen MR) is 131 cm³/mol. The molecular formula is C27H29ClFNO4. The maximum absolute atomic E-state index is 13.8. The van der Waals surface area contributed by atoms with Crippen molar-refractivity contribution in [2.75, 3.05) is 20.3 Å². The highest BCUT2D eigenvalue weighted by Crippen LogP contribution is 2.48. The molecule has 0 saturated heterocycles. The van der Waals surface area contributed by atoms with Gasteiger partial charge in [0.2, 0.25) is 5.75 Å². The van der Waals surface area contributed by atoms with Gasteiger partial charge >= 0.3 is 0 Å². The van der Waals surface area contributed by atoms with Gasteiger partial charge in [-0.15, -0.1) is 0 Å². The van der Waals surface area contributed by atoms with E-state index >= 15 is 0 Å². The number of benzene rings is 2. The summed E-state index contributed by atoms with van der Waals surface area (Å²) in [6, 6.07) is 12.4. The lowest BCUT2D eigenvalue weighted by molar-refractivity contribution is 0.101. The fraction of sp³-hybridized carbons (Fsp3) is 0.333. The molecule has 0 spiro atoms. The number of pyridine rings is 1. The number of nitrogens with zero attached hydrogens (tertiary/aromatic N) is 1. The third-order valence-corrected chi connectivity index (χ3v) is 5.93. The largest absolute Gasteiger partial charge is 0.491 e. The number of Topliss-reactive ketones (excluding diaryl/α,β-unsaturated/α-hetero) is 1. The molecule has 5 nitrogen and oxygen atoms in total. The maximum Gasteiger partial charge on any atom is 0.205 e. The van der Waals surface area contributed by atoms with E-state index in [2.05, 4.69) is 4.98 Å². The van der Waals surface area contributed by atoms with Gasteiger partial charge in [0.1, 0.15) is 5.82 Å². The van der Waals surface area contributed by atoms with E-state index in [1.165, 1.54) is 20.1 Å². The number of carbonyl (C=O) groups excluding carboxylic acids is 1. The van der Waals surface area contributed by atoms with Crippen LogP contribution in [0, 0.1) is 12.7 Å². The first-order chi connectivity index (χ1) is 16.4. The van der Waals surface area contributed by atoms with Crippen molar-refractivity contribution in [3.63, 3.8) is 0 Å². The van der Waals surface area contributed by atoms with Crippen LogP contribution in [0.2, 0.25) is 5.02 Å². The van der Waals surface area contributed by atoms with Crippen molar-refractivity contribution in [3.8, 4) is 17.2 Å². The molecule has 1 aromatic heterocycles. The fourth-order valence-corrected chi connectivity index (χ4v) is 4.00. The number of unbranched alkanes of at least 4 members (excludes halogenated alkanes) is 1. The zero-order valence-electron chi connectivity index (χ0n) is 19.7. The third-order valence-electron chi connectivity index (χ3n) is 5.47. The van der Waals surface area contributed by atoms with Crippen molar-refractivity contribution >= 4 is 17.4 Å². The first kappa shape index (κ1) is 25.5. The molecule has 0 atom stereocenters. The number of aromatic nitrogens is 1. The van der Waals surface area contributed by atoms with Crippen molar-refractivity contribution in [2.45, 2.75) is 39.5 Å². The number of halogens is 2. The van der Waals surface area contributed by atoms with Crippen LogP contribution >= 0.6 is 11.6 Å². The topological polar surface area (TPSA) is 57.7 Å². The van der Waals surface area contributed by atoms with Crippen LogP contribution in [0.3, 0.4) is 0 Å². The Kier molecular flexibility index (Phi) is 9.28. The predicted octanol–water partition coefficient (Wildman–Crippen LogP) is 6.42. The molecule has 0 saturated carbocycles. The SMILES string of the molecule is COc1c(Cl)c(C)c(C(C)=O)c(OCCc2ccccn2)c1OCCCCc1ccccc1F. The summed E-state index contributed by atoms with van der Waals surface area (Å²) in [5.41, 5.74) is 2.50. The second-order valence-electron chi connectivity index (χ2n) is 7.88. The molecule has 0 N–H and O–H groups in total. The number of rotatable bonds is 12. The number of hydrogen-bond donors (Lipinski definition) is 0. The summed E-state index contributed by atoms with van der Waals surface area (Å²) < 4.78 is 31.5. The molecule has 7 heteroatoms. The summed E-state index contributed by atoms with van der Waals surface area (Å²) in [7, 11) is 1.50. The molecule has 0 fully saturated rings. The Bertz CT molecular complexity index is 1120. The quantitative estimate of drug-likeness (QED) is 0.219. The number of methoxy groups -OCH3 is 1. The van der Waals surface area contributed by atoms with Crippen LogP contribution < -0.4 is 14.2 Å². The highest BCUT2D eigenvalue weighted by atomic mass is 35.5. The molecule has 34 heavy (non-hydrogen) atoms. The smallest absolute Gasteiger partial charge is 0.205 e. The zero-order chi connectivity index (χ0) is 24.5. The number of hydrogen-bond acceptors (Lipinski definition) is 5. The lowest BCUT2D eigenvalue weighted by atomic mass is 10.0. The van der Waals surface area contributed by atoms with Gasteiger partial charge in [-0.25, -0.2) is 4.39 Å². The van der Waals surface area contributed by atoms with Gasteiger partial charge in [0.25, 0.3) is 0 Å². The monoisotopic (exact) mass is 485 g/mol. The van der Waals surface area contributed by atoms with E-state index in [-0.39, 0.29) is 11.6 Å². The molecule has 0 unspecified atom stereocenters. The number of carbonyl (C=O) groups is 1. The molecule has 0 aliphatic rings. The molecule has 0 aliphatic carbocycles. The van der Waals surface area contributed by atoms with Crippen molar-refractivity contribution in [2.24, 2.45) is 0 Å². The summed E-state index contributed by atoms with van der Waals surface area (Å²) in [5, 5.41) is 0.311. The minimum Gasteiger partial charge on any atom is -0.491 e. The number of ether oxygens (including phenoxy) is 3. The van der Waals surface area contributed by atoms with Crippen LogP contribution in [-0.4, -0.2) is 31.1 Å². The summed E-state index contributed by atoms with van der Waals surface area (Å²) in [6.07, 6.45) is 4.30. The molecule has 0 amide bonds. The molecule has 3 rings (SSSR count). The van der Waals surface area contributed by atoms with Gasteiger partial charge in [0, 0.05) is 18.3 Å². The van der Waals surface area contributed by atoms with E-state index in [4.69, 9.17) is 25.8 Å². The molecular weight excluding hydrogens is 457 g/mol. The molecule has 180 valence electrons. The Morgan fingerprint density at radius 2 is 1.71 bits per heavy atom. The van der Waals surface area contributed by atoms with Crippen LogP contribution in [-0.2, 0) is 12.8 Å². The Labute approximate surface area is 204 Å². The first-order valence-corrected chi connectivity index (χ1v) is 11.6. The van der Waals surface area contributed by atoms with E-state index in [0.29, 0.717) is 71.4 Å². The Hall–Kier alpha value is -3.12. The molecule has 0 aliphatic heterocycles. The second kappa shape index (κ2) is 12.4. The summed E-state index contributed by atoms with van der Waals surface area (Å²) >= 11 is 6.52. The standard InChI is InChI=1S/C27H29ClFNO4/c1-18-23(19(2)31)25(34-17-14-21-12-6-8-15-30-21)27(26(32-3)24(18)28)33-16-9-7-11-20-10-4-5-13-22(20)29/h4-6,8,10,12-13,15H,7,9,11,14,16-17H2,1-3H3. The van der Waals surface area contributed by atoms with Crippen LogP contribution in [0.15, 0.2) is 48.7 Å². The minimum atomic E-state index is -0.204. The Morgan fingerprint density at radius 1 is 0.971 bits per heavy atom. The number of aryl methyl sites for hydroxylation is 1. The minimum absolute atomic E-state index is 0.181. The van der Waals surface area contributed by atoms with Crippen LogP contribution in [0.25, 0.3) is 0 Å². The van der Waals surface area contributed by atoms with E-state index in [1.807, 2.05) is 24.3 Å².